The first kappa shape index (κ1) is 9.54. The number of fused-ring (bicyclic) bond motifs is 1. The molecule has 1 aromatic carbocycles. The van der Waals surface area contributed by atoms with Gasteiger partial charge in [-0.25, -0.2) is 0 Å². The van der Waals surface area contributed by atoms with Crippen molar-refractivity contribution in [2.45, 2.75) is 36.9 Å². The molecule has 4 rings (SSSR count). The van der Waals surface area contributed by atoms with Gasteiger partial charge in [0.05, 0.1) is 0 Å². The average Bonchev–Trinajstić information content (AvgIpc) is 3.08. The van der Waals surface area contributed by atoms with E-state index >= 15 is 0 Å². The van der Waals surface area contributed by atoms with Crippen molar-refractivity contribution in [3.8, 4) is 0 Å². The van der Waals surface area contributed by atoms with E-state index in [0.717, 1.165) is 12.8 Å². The van der Waals surface area contributed by atoms with Crippen LogP contribution in [0.25, 0.3) is 0 Å². The summed E-state index contributed by atoms with van der Waals surface area (Å²) in [6, 6.07) is 7.09. The lowest BCUT2D eigenvalue weighted by Gasteiger charge is -2.28. The first-order valence-corrected chi connectivity index (χ1v) is 6.10. The fourth-order valence-electron chi connectivity index (χ4n) is 3.53. The van der Waals surface area contributed by atoms with Crippen LogP contribution < -0.4 is 0 Å². The number of carbonyl (C=O) groups is 2. The van der Waals surface area contributed by atoms with Gasteiger partial charge in [0.25, 0.3) is 0 Å². The van der Waals surface area contributed by atoms with E-state index in [9.17, 15) is 9.59 Å². The van der Waals surface area contributed by atoms with Crippen LogP contribution in [0.3, 0.4) is 0 Å². The highest BCUT2D eigenvalue weighted by Gasteiger charge is 2.80. The molecule has 1 aliphatic heterocycles. The van der Waals surface area contributed by atoms with Crippen LogP contribution in [-0.4, -0.2) is 22.8 Å². The number of benzene rings is 1. The Morgan fingerprint density at radius 2 is 1.35 bits per heavy atom. The van der Waals surface area contributed by atoms with Crippen LogP contribution in [-0.2, 0) is 4.74 Å². The minimum atomic E-state index is -0.795. The number of carbonyl (C=O) groups excluding carboxylic acids is 2. The predicted molar refractivity (Wildman–Crippen MR) is 60.1 cm³/mol. The summed E-state index contributed by atoms with van der Waals surface area (Å²) in [7, 11) is 0. The predicted octanol–water partition coefficient (Wildman–Crippen LogP) is 2.15. The topological polar surface area (TPSA) is 46.7 Å². The van der Waals surface area contributed by atoms with Crippen LogP contribution in [0.15, 0.2) is 24.3 Å². The molecule has 2 fully saturated rings. The molecular weight excluding hydrogens is 216 g/mol. The number of Topliss-reactive ketones (excluding diaryl/α,β-unsaturated/α-hetero) is 2. The van der Waals surface area contributed by atoms with E-state index in [1.165, 1.54) is 0 Å². The lowest BCUT2D eigenvalue weighted by atomic mass is 9.67. The number of ketones is 2. The smallest absolute Gasteiger partial charge is 0.198 e. The Labute approximate surface area is 98.8 Å². The van der Waals surface area contributed by atoms with Gasteiger partial charge in [-0.3, -0.25) is 9.59 Å². The summed E-state index contributed by atoms with van der Waals surface area (Å²) in [6.07, 6.45) is 3.35. The van der Waals surface area contributed by atoms with Gasteiger partial charge < -0.3 is 4.74 Å². The first-order valence-electron chi connectivity index (χ1n) is 6.10. The number of epoxide rings is 1. The van der Waals surface area contributed by atoms with Crippen molar-refractivity contribution in [3.63, 3.8) is 0 Å². The largest absolute Gasteiger partial charge is 0.345 e. The molecule has 1 aromatic rings. The number of ether oxygens (including phenoxy) is 1. The molecule has 2 aliphatic carbocycles. The second-order valence-corrected chi connectivity index (χ2v) is 5.17. The molecule has 3 nitrogen and oxygen atoms in total. The van der Waals surface area contributed by atoms with Crippen molar-refractivity contribution in [2.75, 3.05) is 0 Å². The number of hydrogen-bond acceptors (Lipinski definition) is 3. The maximum atomic E-state index is 12.5. The molecule has 0 bridgehead atoms. The zero-order valence-corrected chi connectivity index (χ0v) is 9.36. The van der Waals surface area contributed by atoms with Gasteiger partial charge in [0.2, 0.25) is 0 Å². The van der Waals surface area contributed by atoms with E-state index in [4.69, 9.17) is 4.74 Å². The quantitative estimate of drug-likeness (QED) is 0.639. The third-order valence-corrected chi connectivity index (χ3v) is 4.42. The fourth-order valence-corrected chi connectivity index (χ4v) is 3.53. The Kier molecular flexibility index (Phi) is 1.50. The van der Waals surface area contributed by atoms with E-state index in [1.54, 1.807) is 24.3 Å². The SMILES string of the molecule is O=C1c2ccccc2C(=O)C23CCCCC12O3. The van der Waals surface area contributed by atoms with Gasteiger partial charge in [-0.2, -0.15) is 0 Å². The Morgan fingerprint density at radius 3 is 1.82 bits per heavy atom. The zero-order valence-electron chi connectivity index (χ0n) is 9.36. The second-order valence-electron chi connectivity index (χ2n) is 5.17. The molecule has 3 aliphatic rings. The van der Waals surface area contributed by atoms with Gasteiger partial charge in [0, 0.05) is 11.1 Å². The molecule has 0 aromatic heterocycles. The monoisotopic (exact) mass is 228 g/mol. The average molecular weight is 228 g/mol. The summed E-state index contributed by atoms with van der Waals surface area (Å²) in [6.45, 7) is 0. The summed E-state index contributed by atoms with van der Waals surface area (Å²) in [5.74, 6) is 0.0415. The third kappa shape index (κ3) is 0.857. The van der Waals surface area contributed by atoms with Crippen LogP contribution in [0, 0.1) is 0 Å². The maximum absolute atomic E-state index is 12.5. The van der Waals surface area contributed by atoms with Crippen molar-refractivity contribution in [2.24, 2.45) is 0 Å². The lowest BCUT2D eigenvalue weighted by molar-refractivity contribution is 0.0810. The molecule has 2 atom stereocenters. The van der Waals surface area contributed by atoms with Gasteiger partial charge >= 0.3 is 0 Å². The van der Waals surface area contributed by atoms with E-state index in [2.05, 4.69) is 0 Å². The highest BCUT2D eigenvalue weighted by molar-refractivity contribution is 6.25. The van der Waals surface area contributed by atoms with E-state index < -0.39 is 11.2 Å². The van der Waals surface area contributed by atoms with E-state index in [0.29, 0.717) is 24.0 Å². The molecule has 1 saturated heterocycles. The molecule has 0 amide bonds. The molecule has 1 heterocycles. The van der Waals surface area contributed by atoms with Gasteiger partial charge in [-0.1, -0.05) is 24.3 Å². The minimum Gasteiger partial charge on any atom is -0.345 e. The van der Waals surface area contributed by atoms with Crippen LogP contribution in [0.4, 0.5) is 0 Å². The Bertz CT molecular complexity index is 513. The normalized spacial score (nSPS) is 38.1. The van der Waals surface area contributed by atoms with E-state index in [-0.39, 0.29) is 11.6 Å². The maximum Gasteiger partial charge on any atom is 0.198 e. The Balaban J connectivity index is 1.98. The minimum absolute atomic E-state index is 0.0207. The van der Waals surface area contributed by atoms with Gasteiger partial charge in [-0.15, -0.1) is 0 Å². The molecule has 0 spiro atoms. The number of hydrogen-bond donors (Lipinski definition) is 0. The summed E-state index contributed by atoms with van der Waals surface area (Å²) in [4.78, 5) is 25.0. The van der Waals surface area contributed by atoms with Crippen molar-refractivity contribution in [1.29, 1.82) is 0 Å². The van der Waals surface area contributed by atoms with Crippen LogP contribution >= 0.6 is 0 Å². The van der Waals surface area contributed by atoms with Crippen molar-refractivity contribution in [3.05, 3.63) is 35.4 Å². The molecule has 0 N–H and O–H groups in total. The van der Waals surface area contributed by atoms with Crippen LogP contribution in [0.5, 0.6) is 0 Å². The van der Waals surface area contributed by atoms with Crippen LogP contribution in [0.1, 0.15) is 46.4 Å². The highest BCUT2D eigenvalue weighted by Crippen LogP contribution is 2.62. The third-order valence-electron chi connectivity index (χ3n) is 4.42. The van der Waals surface area contributed by atoms with Crippen molar-refractivity contribution >= 4 is 11.6 Å². The Hall–Kier alpha value is -1.48. The molecule has 17 heavy (non-hydrogen) atoms. The molecule has 3 heteroatoms. The van der Waals surface area contributed by atoms with Gasteiger partial charge in [-0.05, 0) is 25.7 Å². The second kappa shape index (κ2) is 2.67. The van der Waals surface area contributed by atoms with Gasteiger partial charge in [0.1, 0.15) is 0 Å². The van der Waals surface area contributed by atoms with Crippen LogP contribution in [0.2, 0.25) is 0 Å². The Morgan fingerprint density at radius 1 is 0.882 bits per heavy atom. The first-order chi connectivity index (χ1) is 8.21. The molecule has 1 saturated carbocycles. The summed E-state index contributed by atoms with van der Waals surface area (Å²) in [5, 5.41) is 0. The zero-order chi connectivity index (χ0) is 11.7. The van der Waals surface area contributed by atoms with Crippen molar-refractivity contribution < 1.29 is 14.3 Å². The standard InChI is InChI=1S/C14H12O3/c15-11-9-5-1-2-6-10(9)12(16)14-8-4-3-7-13(11,14)17-14/h1-2,5-6H,3-4,7-8H2. The van der Waals surface area contributed by atoms with E-state index in [1.807, 2.05) is 0 Å². The lowest BCUT2D eigenvalue weighted by Crippen LogP contribution is -2.46. The van der Waals surface area contributed by atoms with Gasteiger partial charge in [0.15, 0.2) is 22.8 Å². The summed E-state index contributed by atoms with van der Waals surface area (Å²) < 4.78 is 5.72. The fraction of sp³-hybridized carbons (Fsp3) is 0.429. The molecule has 0 radical (unpaired) electrons. The molecule has 2 unspecified atom stereocenters. The van der Waals surface area contributed by atoms with Crippen molar-refractivity contribution in [1.82, 2.24) is 0 Å². The summed E-state index contributed by atoms with van der Waals surface area (Å²) in [5.41, 5.74) is -0.493. The summed E-state index contributed by atoms with van der Waals surface area (Å²) >= 11 is 0. The molecular formula is C14H12O3. The highest BCUT2D eigenvalue weighted by atomic mass is 16.6. The molecule has 86 valence electrons. The number of rotatable bonds is 0.